The Morgan fingerprint density at radius 1 is 1.47 bits per heavy atom. The van der Waals surface area contributed by atoms with E-state index in [0.717, 1.165) is 19.3 Å². The number of carboxylic acids is 1. The summed E-state index contributed by atoms with van der Waals surface area (Å²) in [6.07, 6.45) is 3.37. The second-order valence-electron chi connectivity index (χ2n) is 5.33. The van der Waals surface area contributed by atoms with Crippen LogP contribution in [0.5, 0.6) is 0 Å². The van der Waals surface area contributed by atoms with Gasteiger partial charge in [-0.2, -0.15) is 0 Å². The van der Waals surface area contributed by atoms with Gasteiger partial charge in [0.1, 0.15) is 0 Å². The van der Waals surface area contributed by atoms with Crippen molar-refractivity contribution in [2.24, 2.45) is 17.3 Å². The third-order valence-corrected chi connectivity index (χ3v) is 3.98. The van der Waals surface area contributed by atoms with E-state index in [9.17, 15) is 9.59 Å². The Balaban J connectivity index is 2.35. The lowest BCUT2D eigenvalue weighted by Gasteiger charge is -2.13. The Morgan fingerprint density at radius 2 is 2.12 bits per heavy atom. The molecular weight excluding hydrogens is 218 g/mol. The molecule has 0 aromatic heterocycles. The van der Waals surface area contributed by atoms with Crippen LogP contribution in [-0.2, 0) is 9.59 Å². The molecule has 0 aromatic rings. The van der Waals surface area contributed by atoms with Gasteiger partial charge >= 0.3 is 5.97 Å². The number of hydrogen-bond donors (Lipinski definition) is 2. The van der Waals surface area contributed by atoms with Gasteiger partial charge in [-0.3, -0.25) is 9.59 Å². The fraction of sp³-hybridized carbons (Fsp3) is 0.846. The molecule has 17 heavy (non-hydrogen) atoms. The predicted octanol–water partition coefficient (Wildman–Crippen LogP) is 2.04. The molecule has 1 rings (SSSR count). The molecular formula is C13H23NO3. The van der Waals surface area contributed by atoms with Crippen molar-refractivity contribution in [2.75, 3.05) is 6.54 Å². The molecule has 0 saturated heterocycles. The van der Waals surface area contributed by atoms with E-state index < -0.39 is 11.9 Å². The van der Waals surface area contributed by atoms with E-state index in [4.69, 9.17) is 5.11 Å². The molecule has 0 bridgehead atoms. The van der Waals surface area contributed by atoms with E-state index in [1.165, 1.54) is 0 Å². The van der Waals surface area contributed by atoms with Gasteiger partial charge in [0.15, 0.2) is 0 Å². The number of nitrogens with one attached hydrogen (secondary N) is 1. The zero-order valence-corrected chi connectivity index (χ0v) is 11.0. The van der Waals surface area contributed by atoms with E-state index in [1.807, 2.05) is 6.92 Å². The first kappa shape index (κ1) is 14.0. The number of carbonyl (C=O) groups excluding carboxylic acids is 1. The standard InChI is InChI=1S/C13H23NO3/c1-4-6-9(12(16)17)8-14-11(15)10-7-13(10,3)5-2/h9-10H,4-8H2,1-3H3,(H,14,15)(H,16,17). The Bertz CT molecular complexity index is 303. The van der Waals surface area contributed by atoms with Crippen LogP contribution in [0.15, 0.2) is 0 Å². The number of amides is 1. The Morgan fingerprint density at radius 3 is 2.53 bits per heavy atom. The maximum atomic E-state index is 11.8. The summed E-state index contributed by atoms with van der Waals surface area (Å²) in [5, 5.41) is 11.7. The highest BCUT2D eigenvalue weighted by atomic mass is 16.4. The lowest BCUT2D eigenvalue weighted by molar-refractivity contribution is -0.142. The summed E-state index contributed by atoms with van der Waals surface area (Å²) in [6.45, 7) is 6.41. The van der Waals surface area contributed by atoms with Gasteiger partial charge < -0.3 is 10.4 Å². The van der Waals surface area contributed by atoms with Crippen molar-refractivity contribution in [1.82, 2.24) is 5.32 Å². The minimum absolute atomic E-state index is 0.0247. The van der Waals surface area contributed by atoms with Crippen molar-refractivity contribution in [2.45, 2.75) is 46.5 Å². The molecule has 1 saturated carbocycles. The van der Waals surface area contributed by atoms with Gasteiger partial charge in [0.05, 0.1) is 5.92 Å². The van der Waals surface area contributed by atoms with Crippen molar-refractivity contribution < 1.29 is 14.7 Å². The lowest BCUT2D eigenvalue weighted by atomic mass is 10.0. The molecule has 0 radical (unpaired) electrons. The Kier molecular flexibility index (Phi) is 4.54. The van der Waals surface area contributed by atoms with E-state index in [-0.39, 0.29) is 23.8 Å². The van der Waals surface area contributed by atoms with E-state index in [2.05, 4.69) is 19.2 Å². The van der Waals surface area contributed by atoms with Crippen molar-refractivity contribution in [3.05, 3.63) is 0 Å². The molecule has 3 atom stereocenters. The number of hydrogen-bond acceptors (Lipinski definition) is 2. The minimum atomic E-state index is -0.818. The van der Waals surface area contributed by atoms with Crippen molar-refractivity contribution >= 4 is 11.9 Å². The van der Waals surface area contributed by atoms with Crippen LogP contribution in [0.3, 0.4) is 0 Å². The van der Waals surface area contributed by atoms with Gasteiger partial charge in [0.25, 0.3) is 0 Å². The van der Waals surface area contributed by atoms with Gasteiger partial charge in [-0.15, -0.1) is 0 Å². The highest BCUT2D eigenvalue weighted by Crippen LogP contribution is 2.54. The first-order valence-electron chi connectivity index (χ1n) is 6.45. The molecule has 4 nitrogen and oxygen atoms in total. The zero-order valence-electron chi connectivity index (χ0n) is 11.0. The summed E-state index contributed by atoms with van der Waals surface area (Å²) in [7, 11) is 0. The molecule has 1 aliphatic carbocycles. The van der Waals surface area contributed by atoms with Gasteiger partial charge in [0.2, 0.25) is 5.91 Å². The topological polar surface area (TPSA) is 66.4 Å². The quantitative estimate of drug-likeness (QED) is 0.716. The smallest absolute Gasteiger partial charge is 0.308 e. The molecule has 0 heterocycles. The average Bonchev–Trinajstić information content (AvgIpc) is 2.97. The maximum Gasteiger partial charge on any atom is 0.308 e. The first-order valence-corrected chi connectivity index (χ1v) is 6.45. The van der Waals surface area contributed by atoms with Gasteiger partial charge in [-0.1, -0.05) is 27.2 Å². The predicted molar refractivity (Wildman–Crippen MR) is 65.5 cm³/mol. The van der Waals surface area contributed by atoms with Crippen LogP contribution >= 0.6 is 0 Å². The van der Waals surface area contributed by atoms with Crippen LogP contribution < -0.4 is 5.32 Å². The van der Waals surface area contributed by atoms with Gasteiger partial charge in [-0.05, 0) is 24.7 Å². The molecule has 3 unspecified atom stereocenters. The monoisotopic (exact) mass is 241 g/mol. The summed E-state index contributed by atoms with van der Waals surface area (Å²) in [4.78, 5) is 22.7. The van der Waals surface area contributed by atoms with Gasteiger partial charge in [0, 0.05) is 12.5 Å². The summed E-state index contributed by atoms with van der Waals surface area (Å²) >= 11 is 0. The van der Waals surface area contributed by atoms with E-state index in [0.29, 0.717) is 6.42 Å². The van der Waals surface area contributed by atoms with E-state index >= 15 is 0 Å². The first-order chi connectivity index (χ1) is 7.94. The molecule has 2 N–H and O–H groups in total. The largest absolute Gasteiger partial charge is 0.481 e. The molecule has 1 aliphatic rings. The normalized spacial score (nSPS) is 28.5. The maximum absolute atomic E-state index is 11.8. The minimum Gasteiger partial charge on any atom is -0.481 e. The highest BCUT2D eigenvalue weighted by Gasteiger charge is 2.52. The van der Waals surface area contributed by atoms with E-state index in [1.54, 1.807) is 0 Å². The fourth-order valence-electron chi connectivity index (χ4n) is 2.22. The number of aliphatic carboxylic acids is 1. The molecule has 1 amide bonds. The summed E-state index contributed by atoms with van der Waals surface area (Å²) in [5.41, 5.74) is 0.146. The number of rotatable bonds is 7. The van der Waals surface area contributed by atoms with Gasteiger partial charge in [-0.25, -0.2) is 0 Å². The van der Waals surface area contributed by atoms with Crippen molar-refractivity contribution in [1.29, 1.82) is 0 Å². The van der Waals surface area contributed by atoms with Crippen molar-refractivity contribution in [3.8, 4) is 0 Å². The molecule has 0 aromatic carbocycles. The molecule has 1 fully saturated rings. The lowest BCUT2D eigenvalue weighted by Crippen LogP contribution is -2.34. The molecule has 0 aliphatic heterocycles. The van der Waals surface area contributed by atoms with Crippen LogP contribution in [0, 0.1) is 17.3 Å². The molecule has 0 spiro atoms. The summed E-state index contributed by atoms with van der Waals surface area (Å²) in [6, 6.07) is 0. The number of carboxylic acid groups (broad SMARTS) is 1. The zero-order chi connectivity index (χ0) is 13.1. The van der Waals surface area contributed by atoms with Crippen LogP contribution in [0.2, 0.25) is 0 Å². The second kappa shape index (κ2) is 5.52. The third kappa shape index (κ3) is 3.45. The number of carbonyl (C=O) groups is 2. The highest BCUT2D eigenvalue weighted by molar-refractivity contribution is 5.83. The SMILES string of the molecule is CCCC(CNC(=O)C1CC1(C)CC)C(=O)O. The molecule has 4 heteroatoms. The van der Waals surface area contributed by atoms with Crippen molar-refractivity contribution in [3.63, 3.8) is 0 Å². The van der Waals surface area contributed by atoms with Crippen LogP contribution in [0.4, 0.5) is 0 Å². The van der Waals surface area contributed by atoms with Crippen LogP contribution in [-0.4, -0.2) is 23.5 Å². The Hall–Kier alpha value is -1.06. The Labute approximate surface area is 103 Å². The average molecular weight is 241 g/mol. The fourth-order valence-corrected chi connectivity index (χ4v) is 2.22. The third-order valence-electron chi connectivity index (χ3n) is 3.98. The molecule has 98 valence electrons. The van der Waals surface area contributed by atoms with Crippen LogP contribution in [0.1, 0.15) is 46.5 Å². The summed E-state index contributed by atoms with van der Waals surface area (Å²) < 4.78 is 0. The summed E-state index contributed by atoms with van der Waals surface area (Å²) in [5.74, 6) is -1.16. The second-order valence-corrected chi connectivity index (χ2v) is 5.33. The van der Waals surface area contributed by atoms with Crippen LogP contribution in [0.25, 0.3) is 0 Å².